The number of nitro benzene ring substituents is 1. The summed E-state index contributed by atoms with van der Waals surface area (Å²) in [6.07, 6.45) is 5.10. The molecule has 3 heterocycles. The molecule has 9 heteroatoms. The Bertz CT molecular complexity index is 1290. The lowest BCUT2D eigenvalue weighted by Gasteiger charge is -2.22. The van der Waals surface area contributed by atoms with Gasteiger partial charge in [-0.05, 0) is 48.7 Å². The van der Waals surface area contributed by atoms with E-state index in [-0.39, 0.29) is 17.8 Å². The van der Waals surface area contributed by atoms with Gasteiger partial charge < -0.3 is 14.6 Å². The van der Waals surface area contributed by atoms with Gasteiger partial charge in [0.25, 0.3) is 5.69 Å². The second-order valence-corrected chi connectivity index (χ2v) is 7.56. The Labute approximate surface area is 182 Å². The maximum atomic E-state index is 12.9. The highest BCUT2D eigenvalue weighted by Gasteiger charge is 2.33. The molecule has 0 bridgehead atoms. The van der Waals surface area contributed by atoms with Crippen LogP contribution in [0, 0.1) is 10.1 Å². The number of urea groups is 1. The third-order valence-corrected chi connectivity index (χ3v) is 5.53. The summed E-state index contributed by atoms with van der Waals surface area (Å²) in [7, 11) is 0. The number of carbonyl (C=O) groups is 1. The number of carbonyl (C=O) groups excluding carboxylic acids is 1. The zero-order chi connectivity index (χ0) is 22.1. The lowest BCUT2D eigenvalue weighted by Crippen LogP contribution is -2.34. The van der Waals surface area contributed by atoms with Crippen LogP contribution >= 0.6 is 0 Å². The van der Waals surface area contributed by atoms with Crippen molar-refractivity contribution < 1.29 is 14.1 Å². The Morgan fingerprint density at radius 1 is 1.16 bits per heavy atom. The van der Waals surface area contributed by atoms with E-state index in [1.54, 1.807) is 17.3 Å². The van der Waals surface area contributed by atoms with Crippen LogP contribution in [0.2, 0.25) is 0 Å². The molecule has 1 fully saturated rings. The first kappa shape index (κ1) is 19.7. The van der Waals surface area contributed by atoms with Gasteiger partial charge in [0.05, 0.1) is 4.92 Å². The van der Waals surface area contributed by atoms with E-state index in [4.69, 9.17) is 4.42 Å². The number of rotatable bonds is 4. The maximum Gasteiger partial charge on any atom is 0.322 e. The molecule has 2 aromatic heterocycles. The minimum atomic E-state index is -0.477. The number of likely N-dealkylation sites (tertiary alicyclic amines) is 1. The van der Waals surface area contributed by atoms with Gasteiger partial charge >= 0.3 is 6.03 Å². The standard InChI is InChI=1S/C23H19N5O4/c29-23(25-17-6-8-18(9-7-17)28(30)31)27-12-2-4-20(27)22-26-19-13-15(5-10-21(19)32-22)16-3-1-11-24-14-16/h1,3,5-11,13-14,20H,2,4,12H2,(H,25,29). The van der Waals surface area contributed by atoms with E-state index in [2.05, 4.69) is 15.3 Å². The number of fused-ring (bicyclic) bond motifs is 1. The number of non-ortho nitro benzene ring substituents is 1. The number of nitrogens with zero attached hydrogens (tertiary/aromatic N) is 4. The van der Waals surface area contributed by atoms with Gasteiger partial charge in [0.2, 0.25) is 5.89 Å². The van der Waals surface area contributed by atoms with Crippen molar-refractivity contribution in [3.8, 4) is 11.1 Å². The van der Waals surface area contributed by atoms with Crippen molar-refractivity contribution in [3.63, 3.8) is 0 Å². The third kappa shape index (κ3) is 3.76. The molecule has 5 rings (SSSR count). The van der Waals surface area contributed by atoms with E-state index in [0.717, 1.165) is 29.5 Å². The Morgan fingerprint density at radius 2 is 2.00 bits per heavy atom. The summed E-state index contributed by atoms with van der Waals surface area (Å²) in [5.74, 6) is 0.500. The molecule has 160 valence electrons. The van der Waals surface area contributed by atoms with Crippen LogP contribution in [0.1, 0.15) is 24.8 Å². The van der Waals surface area contributed by atoms with E-state index >= 15 is 0 Å². The predicted octanol–water partition coefficient (Wildman–Crippen LogP) is 5.17. The van der Waals surface area contributed by atoms with Gasteiger partial charge in [0.15, 0.2) is 5.58 Å². The summed E-state index contributed by atoms with van der Waals surface area (Å²) >= 11 is 0. The van der Waals surface area contributed by atoms with Crippen molar-refractivity contribution in [2.75, 3.05) is 11.9 Å². The molecule has 1 atom stereocenters. The van der Waals surface area contributed by atoms with Crippen molar-refractivity contribution in [2.45, 2.75) is 18.9 Å². The SMILES string of the molecule is O=C(Nc1ccc([N+](=O)[O-])cc1)N1CCCC1c1nc2cc(-c3cccnc3)ccc2o1. The Balaban J connectivity index is 1.36. The molecule has 9 nitrogen and oxygen atoms in total. The van der Waals surface area contributed by atoms with Crippen LogP contribution < -0.4 is 5.32 Å². The van der Waals surface area contributed by atoms with E-state index in [1.807, 2.05) is 30.3 Å². The number of aromatic nitrogens is 2. The largest absolute Gasteiger partial charge is 0.438 e. The zero-order valence-electron chi connectivity index (χ0n) is 17.0. The topological polar surface area (TPSA) is 114 Å². The number of nitrogens with one attached hydrogen (secondary N) is 1. The van der Waals surface area contributed by atoms with E-state index < -0.39 is 4.92 Å². The summed E-state index contributed by atoms with van der Waals surface area (Å²) in [4.78, 5) is 33.7. The smallest absolute Gasteiger partial charge is 0.322 e. The van der Waals surface area contributed by atoms with Crippen LogP contribution in [0.5, 0.6) is 0 Å². The van der Waals surface area contributed by atoms with Crippen molar-refractivity contribution in [1.29, 1.82) is 0 Å². The number of hydrogen-bond acceptors (Lipinski definition) is 6. The third-order valence-electron chi connectivity index (χ3n) is 5.53. The van der Waals surface area contributed by atoms with E-state index in [0.29, 0.717) is 23.7 Å². The van der Waals surface area contributed by atoms with Gasteiger partial charge in [-0.3, -0.25) is 15.1 Å². The normalized spacial score (nSPS) is 15.8. The molecule has 1 aliphatic rings. The minimum Gasteiger partial charge on any atom is -0.438 e. The molecule has 1 aliphatic heterocycles. The molecule has 0 aliphatic carbocycles. The highest BCUT2D eigenvalue weighted by Crippen LogP contribution is 2.34. The highest BCUT2D eigenvalue weighted by molar-refractivity contribution is 5.90. The molecule has 32 heavy (non-hydrogen) atoms. The monoisotopic (exact) mass is 429 g/mol. The van der Waals surface area contributed by atoms with Gasteiger partial charge in [0, 0.05) is 42.3 Å². The number of amides is 2. The molecule has 2 aromatic carbocycles. The first-order valence-electron chi connectivity index (χ1n) is 10.2. The molecule has 0 saturated carbocycles. The van der Waals surface area contributed by atoms with Crippen molar-refractivity contribution in [1.82, 2.24) is 14.9 Å². The Morgan fingerprint density at radius 3 is 2.75 bits per heavy atom. The second kappa shape index (κ2) is 8.10. The van der Waals surface area contributed by atoms with E-state index in [9.17, 15) is 14.9 Å². The van der Waals surface area contributed by atoms with Gasteiger partial charge in [0.1, 0.15) is 11.6 Å². The number of nitro groups is 1. The number of hydrogen-bond donors (Lipinski definition) is 1. The first-order valence-corrected chi connectivity index (χ1v) is 10.2. The van der Waals surface area contributed by atoms with Crippen LogP contribution in [0.25, 0.3) is 22.2 Å². The lowest BCUT2D eigenvalue weighted by molar-refractivity contribution is -0.384. The van der Waals surface area contributed by atoms with Crippen molar-refractivity contribution in [3.05, 3.63) is 83.0 Å². The molecule has 1 N–H and O–H groups in total. The van der Waals surface area contributed by atoms with Crippen molar-refractivity contribution in [2.24, 2.45) is 0 Å². The Hall–Kier alpha value is -4.27. The number of oxazole rings is 1. The summed E-state index contributed by atoms with van der Waals surface area (Å²) in [5, 5.41) is 13.6. The van der Waals surface area contributed by atoms with Crippen LogP contribution in [-0.4, -0.2) is 32.4 Å². The average Bonchev–Trinajstić information content (AvgIpc) is 3.46. The quantitative estimate of drug-likeness (QED) is 0.354. The fourth-order valence-electron chi connectivity index (χ4n) is 3.93. The average molecular weight is 429 g/mol. The molecule has 1 saturated heterocycles. The molecule has 0 radical (unpaired) electrons. The summed E-state index contributed by atoms with van der Waals surface area (Å²) in [5.41, 5.74) is 3.83. The predicted molar refractivity (Wildman–Crippen MR) is 118 cm³/mol. The molecule has 1 unspecified atom stereocenters. The van der Waals surface area contributed by atoms with Crippen LogP contribution in [0.3, 0.4) is 0 Å². The van der Waals surface area contributed by atoms with Gasteiger partial charge in [-0.25, -0.2) is 9.78 Å². The Kier molecular flexibility index (Phi) is 4.98. The summed E-state index contributed by atoms with van der Waals surface area (Å²) in [6.45, 7) is 0.573. The van der Waals surface area contributed by atoms with Gasteiger partial charge in [-0.15, -0.1) is 0 Å². The molecular formula is C23H19N5O4. The first-order chi connectivity index (χ1) is 15.6. The molecule has 0 spiro atoms. The lowest BCUT2D eigenvalue weighted by atomic mass is 10.1. The molecular weight excluding hydrogens is 410 g/mol. The summed E-state index contributed by atoms with van der Waals surface area (Å²) in [6, 6.07) is 14.8. The van der Waals surface area contributed by atoms with E-state index in [1.165, 1.54) is 24.3 Å². The van der Waals surface area contributed by atoms with Crippen LogP contribution in [0.15, 0.2) is 71.4 Å². The molecule has 4 aromatic rings. The van der Waals surface area contributed by atoms with Crippen molar-refractivity contribution >= 4 is 28.5 Å². The second-order valence-electron chi connectivity index (χ2n) is 7.56. The van der Waals surface area contributed by atoms with Gasteiger partial charge in [-0.1, -0.05) is 12.1 Å². The summed E-state index contributed by atoms with van der Waals surface area (Å²) < 4.78 is 5.99. The highest BCUT2D eigenvalue weighted by atomic mass is 16.6. The number of pyridine rings is 1. The number of anilines is 1. The van der Waals surface area contributed by atoms with Gasteiger partial charge in [-0.2, -0.15) is 0 Å². The van der Waals surface area contributed by atoms with Crippen LogP contribution in [-0.2, 0) is 0 Å². The fourth-order valence-corrected chi connectivity index (χ4v) is 3.93. The van der Waals surface area contributed by atoms with Crippen LogP contribution in [0.4, 0.5) is 16.2 Å². The fraction of sp³-hybridized carbons (Fsp3) is 0.174. The molecule has 2 amide bonds. The minimum absolute atomic E-state index is 0.0285. The number of benzene rings is 2. The zero-order valence-corrected chi connectivity index (χ0v) is 17.0. The maximum absolute atomic E-state index is 12.9.